The minimum absolute atomic E-state index is 0.370. The van der Waals surface area contributed by atoms with Crippen molar-refractivity contribution in [2.24, 2.45) is 4.99 Å². The highest BCUT2D eigenvalue weighted by molar-refractivity contribution is 7.80. The monoisotopic (exact) mass is 515 g/mol. The summed E-state index contributed by atoms with van der Waals surface area (Å²) in [5.74, 6) is 0. The van der Waals surface area contributed by atoms with E-state index < -0.39 is 7.92 Å². The van der Waals surface area contributed by atoms with Crippen LogP contribution in [-0.4, -0.2) is 18.9 Å². The Hall–Kier alpha value is -3.37. The number of rotatable bonds is 10. The Morgan fingerprint density at radius 3 is 1.43 bits per heavy atom. The first kappa shape index (κ1) is 25.3. The van der Waals surface area contributed by atoms with Gasteiger partial charge in [0.1, 0.15) is 0 Å². The van der Waals surface area contributed by atoms with Crippen molar-refractivity contribution in [3.63, 3.8) is 0 Å². The van der Waals surface area contributed by atoms with Crippen molar-refractivity contribution in [3.05, 3.63) is 151 Å². The van der Waals surface area contributed by atoms with Crippen molar-refractivity contribution < 1.29 is 0 Å². The highest BCUT2D eigenvalue weighted by Gasteiger charge is 2.18. The van der Waals surface area contributed by atoms with Gasteiger partial charge in [-0.3, -0.25) is 4.99 Å². The van der Waals surface area contributed by atoms with Gasteiger partial charge in [-0.2, -0.15) is 0 Å². The lowest BCUT2D eigenvalue weighted by molar-refractivity contribution is 0.945. The minimum atomic E-state index is -0.650. The Balaban J connectivity index is 1.33. The van der Waals surface area contributed by atoms with Crippen LogP contribution in [-0.2, 0) is 0 Å². The molecule has 0 saturated carbocycles. The summed E-state index contributed by atoms with van der Waals surface area (Å²) in [4.78, 5) is 4.93. The maximum absolute atomic E-state index is 4.93. The molecule has 0 aliphatic rings. The Labute approximate surface area is 223 Å². The van der Waals surface area contributed by atoms with Crippen molar-refractivity contribution in [1.82, 2.24) is 0 Å². The molecule has 0 aliphatic heterocycles. The molecule has 0 aromatic heterocycles. The van der Waals surface area contributed by atoms with E-state index in [4.69, 9.17) is 4.99 Å². The highest BCUT2D eigenvalue weighted by atomic mass is 31.1. The SMILES string of the molecule is C(=NCCCP(c1ccccc1)c1ccccc1)c1ccccc1P(c1ccccc1)c1ccccc1. The predicted molar refractivity (Wildman–Crippen MR) is 166 cm³/mol. The minimum Gasteiger partial charge on any atom is -0.293 e. The molecule has 1 nitrogen and oxygen atoms in total. The average molecular weight is 516 g/mol. The van der Waals surface area contributed by atoms with Crippen LogP contribution in [0.5, 0.6) is 0 Å². The van der Waals surface area contributed by atoms with Crippen LogP contribution in [0.15, 0.2) is 151 Å². The van der Waals surface area contributed by atoms with E-state index in [1.54, 1.807) is 0 Å². The van der Waals surface area contributed by atoms with Gasteiger partial charge >= 0.3 is 0 Å². The standard InChI is InChI=1S/C34H31NP2/c1-5-17-30(18-6-1)36(31-19-7-2-8-20-31)27-15-26-35-28-29-16-13-14-25-34(29)37(32-21-9-3-10-22-32)33-23-11-4-12-24-33/h1-14,16-25,28H,15,26-27H2. The highest BCUT2D eigenvalue weighted by Crippen LogP contribution is 2.35. The molecule has 0 amide bonds. The second-order valence-corrected chi connectivity index (χ2v) is 13.3. The second-order valence-electron chi connectivity index (χ2n) is 8.78. The summed E-state index contributed by atoms with van der Waals surface area (Å²) in [5.41, 5.74) is 1.22. The van der Waals surface area contributed by atoms with Gasteiger partial charge in [0.25, 0.3) is 0 Å². The summed E-state index contributed by atoms with van der Waals surface area (Å²) >= 11 is 0. The summed E-state index contributed by atoms with van der Waals surface area (Å²) in [5, 5.41) is 6.96. The Bertz CT molecular complexity index is 1310. The fraction of sp³-hybridized carbons (Fsp3) is 0.0882. The predicted octanol–water partition coefficient (Wildman–Crippen LogP) is 6.39. The zero-order chi connectivity index (χ0) is 25.1. The first-order valence-electron chi connectivity index (χ1n) is 12.8. The van der Waals surface area contributed by atoms with Crippen molar-refractivity contribution in [1.29, 1.82) is 0 Å². The summed E-state index contributed by atoms with van der Waals surface area (Å²) in [6.07, 6.45) is 4.31. The topological polar surface area (TPSA) is 12.4 Å². The van der Waals surface area contributed by atoms with E-state index >= 15 is 0 Å². The maximum Gasteiger partial charge on any atom is 0.0393 e. The normalized spacial score (nSPS) is 11.4. The Kier molecular flexibility index (Phi) is 9.06. The molecule has 0 bridgehead atoms. The van der Waals surface area contributed by atoms with Gasteiger partial charge in [-0.1, -0.05) is 146 Å². The number of hydrogen-bond acceptors (Lipinski definition) is 1. The van der Waals surface area contributed by atoms with Gasteiger partial charge in [-0.25, -0.2) is 0 Å². The van der Waals surface area contributed by atoms with Crippen LogP contribution >= 0.6 is 15.8 Å². The van der Waals surface area contributed by atoms with E-state index in [-0.39, 0.29) is 7.92 Å². The summed E-state index contributed by atoms with van der Waals surface area (Å²) in [6.45, 7) is 0.835. The molecular formula is C34H31NP2. The number of hydrogen-bond donors (Lipinski definition) is 0. The molecule has 0 fully saturated rings. The Morgan fingerprint density at radius 1 is 0.486 bits per heavy atom. The van der Waals surface area contributed by atoms with E-state index in [1.807, 2.05) is 0 Å². The van der Waals surface area contributed by atoms with Crippen molar-refractivity contribution >= 4 is 48.6 Å². The van der Waals surface area contributed by atoms with Gasteiger partial charge in [-0.05, 0) is 54.9 Å². The zero-order valence-corrected chi connectivity index (χ0v) is 22.7. The number of benzene rings is 5. The van der Waals surface area contributed by atoms with Crippen LogP contribution in [0.4, 0.5) is 0 Å². The average Bonchev–Trinajstić information content (AvgIpc) is 2.98. The summed E-state index contributed by atoms with van der Waals surface area (Å²) in [6, 6.07) is 52.4. The van der Waals surface area contributed by atoms with E-state index in [9.17, 15) is 0 Å². The first-order chi connectivity index (χ1) is 18.4. The lowest BCUT2D eigenvalue weighted by Gasteiger charge is -2.21. The maximum atomic E-state index is 4.93. The lowest BCUT2D eigenvalue weighted by atomic mass is 10.2. The molecule has 0 radical (unpaired) electrons. The van der Waals surface area contributed by atoms with Crippen molar-refractivity contribution in [2.75, 3.05) is 12.7 Å². The molecule has 0 unspecified atom stereocenters. The number of nitrogens with zero attached hydrogens (tertiary/aromatic N) is 1. The third-order valence-electron chi connectivity index (χ3n) is 6.24. The summed E-state index contributed by atoms with van der Waals surface area (Å²) < 4.78 is 0. The number of aliphatic imine (C=N–C) groups is 1. The van der Waals surface area contributed by atoms with Gasteiger partial charge in [0, 0.05) is 18.3 Å². The van der Waals surface area contributed by atoms with Crippen molar-refractivity contribution in [3.8, 4) is 0 Å². The van der Waals surface area contributed by atoms with Gasteiger partial charge in [0.05, 0.1) is 0 Å². The third kappa shape index (κ3) is 6.69. The third-order valence-corrected chi connectivity index (χ3v) is 11.4. The van der Waals surface area contributed by atoms with E-state index in [0.29, 0.717) is 0 Å². The summed E-state index contributed by atoms with van der Waals surface area (Å²) in [7, 11) is -1.02. The van der Waals surface area contributed by atoms with Gasteiger partial charge in [0.15, 0.2) is 0 Å². The molecule has 0 aliphatic carbocycles. The van der Waals surface area contributed by atoms with E-state index in [0.717, 1.165) is 19.1 Å². The van der Waals surface area contributed by atoms with Gasteiger partial charge < -0.3 is 0 Å². The van der Waals surface area contributed by atoms with Crippen molar-refractivity contribution in [2.45, 2.75) is 6.42 Å². The van der Waals surface area contributed by atoms with Crippen LogP contribution in [0.25, 0.3) is 0 Å². The molecule has 5 aromatic rings. The zero-order valence-electron chi connectivity index (χ0n) is 20.9. The molecule has 0 N–H and O–H groups in total. The van der Waals surface area contributed by atoms with Crippen LogP contribution < -0.4 is 26.5 Å². The van der Waals surface area contributed by atoms with Gasteiger partial charge in [-0.15, -0.1) is 0 Å². The largest absolute Gasteiger partial charge is 0.293 e. The van der Waals surface area contributed by atoms with Crippen LogP contribution in [0.1, 0.15) is 12.0 Å². The van der Waals surface area contributed by atoms with E-state index in [2.05, 4.69) is 152 Å². The smallest absolute Gasteiger partial charge is 0.0393 e. The molecular weight excluding hydrogens is 484 g/mol. The quantitative estimate of drug-likeness (QED) is 0.116. The second kappa shape index (κ2) is 13.3. The Morgan fingerprint density at radius 2 is 0.919 bits per heavy atom. The van der Waals surface area contributed by atoms with Crippen LogP contribution in [0.2, 0.25) is 0 Å². The molecule has 0 atom stereocenters. The molecule has 182 valence electrons. The van der Waals surface area contributed by atoms with E-state index in [1.165, 1.54) is 32.1 Å². The first-order valence-corrected chi connectivity index (χ1v) is 15.6. The molecule has 0 heterocycles. The van der Waals surface area contributed by atoms with Gasteiger partial charge in [0.2, 0.25) is 0 Å². The molecule has 5 rings (SSSR count). The molecule has 5 aromatic carbocycles. The molecule has 3 heteroatoms. The lowest BCUT2D eigenvalue weighted by Crippen LogP contribution is -2.23. The van der Waals surface area contributed by atoms with Crippen LogP contribution in [0, 0.1) is 0 Å². The molecule has 0 spiro atoms. The fourth-order valence-electron chi connectivity index (χ4n) is 4.49. The fourth-order valence-corrected chi connectivity index (χ4v) is 9.24. The molecule has 37 heavy (non-hydrogen) atoms. The molecule has 0 saturated heterocycles. The van der Waals surface area contributed by atoms with Crippen LogP contribution in [0.3, 0.4) is 0 Å².